The third-order valence-electron chi connectivity index (χ3n) is 3.07. The summed E-state index contributed by atoms with van der Waals surface area (Å²) >= 11 is 5.48. The summed E-state index contributed by atoms with van der Waals surface area (Å²) in [7, 11) is 0. The lowest BCUT2D eigenvalue weighted by atomic mass is 9.85. The Labute approximate surface area is 117 Å². The van der Waals surface area contributed by atoms with E-state index in [1.54, 1.807) is 0 Å². The summed E-state index contributed by atoms with van der Waals surface area (Å²) in [5, 5.41) is 10.4. The molecule has 0 amide bonds. The number of hydrogen-bond donors (Lipinski definition) is 0. The molecule has 0 bridgehead atoms. The second-order valence-corrected chi connectivity index (χ2v) is 4.74. The van der Waals surface area contributed by atoms with Gasteiger partial charge in [0.2, 0.25) is 6.20 Å². The van der Waals surface area contributed by atoms with E-state index in [9.17, 15) is 10.1 Å². The highest BCUT2D eigenvalue weighted by Crippen LogP contribution is 2.29. The number of hydrogen-bond acceptors (Lipinski definition) is 3. The zero-order valence-corrected chi connectivity index (χ0v) is 11.3. The van der Waals surface area contributed by atoms with Gasteiger partial charge in [-0.15, -0.1) is 0 Å². The van der Waals surface area contributed by atoms with Crippen molar-refractivity contribution in [3.05, 3.63) is 76.0 Å². The number of benzene rings is 1. The van der Waals surface area contributed by atoms with Gasteiger partial charge in [-0.2, -0.15) is 0 Å². The van der Waals surface area contributed by atoms with Crippen LogP contribution in [0.5, 0.6) is 0 Å². The monoisotopic (exact) mass is 271 g/mol. The van der Waals surface area contributed by atoms with E-state index < -0.39 is 4.92 Å². The normalized spacial score (nSPS) is 19.2. The molecule has 1 atom stereocenters. The van der Waals surface area contributed by atoms with Crippen LogP contribution in [-0.2, 0) is 0 Å². The molecule has 96 valence electrons. The fourth-order valence-corrected chi connectivity index (χ4v) is 2.32. The molecule has 0 aromatic heterocycles. The second-order valence-electron chi connectivity index (χ2n) is 4.30. The molecule has 0 aliphatic heterocycles. The van der Waals surface area contributed by atoms with Crippen LogP contribution < -0.4 is 0 Å². The Kier molecular flexibility index (Phi) is 4.02. The van der Waals surface area contributed by atoms with Crippen molar-refractivity contribution in [2.75, 3.05) is 0 Å². The van der Waals surface area contributed by atoms with Gasteiger partial charge in [0.15, 0.2) is 0 Å². The minimum absolute atomic E-state index is 0.00593. The van der Waals surface area contributed by atoms with Gasteiger partial charge >= 0.3 is 0 Å². The average Bonchev–Trinajstić information content (AvgIpc) is 2.41. The first-order chi connectivity index (χ1) is 9.09. The van der Waals surface area contributed by atoms with Gasteiger partial charge in [0.1, 0.15) is 0 Å². The Morgan fingerprint density at radius 1 is 1.26 bits per heavy atom. The summed E-state index contributed by atoms with van der Waals surface area (Å²) in [6.07, 6.45) is 6.28. The van der Waals surface area contributed by atoms with Crippen LogP contribution >= 0.6 is 12.2 Å². The summed E-state index contributed by atoms with van der Waals surface area (Å²) in [5.41, 5.74) is 2.95. The molecule has 0 fully saturated rings. The Bertz CT molecular complexity index is 600. The van der Waals surface area contributed by atoms with Crippen LogP contribution in [0.15, 0.2) is 60.3 Å². The van der Waals surface area contributed by atoms with Gasteiger partial charge in [-0.25, -0.2) is 0 Å². The quantitative estimate of drug-likeness (QED) is 0.477. The summed E-state index contributed by atoms with van der Waals surface area (Å²) in [4.78, 5) is 10.7. The molecule has 4 heteroatoms. The molecule has 1 aromatic rings. The van der Waals surface area contributed by atoms with Gasteiger partial charge in [0.05, 0.1) is 4.92 Å². The van der Waals surface area contributed by atoms with Crippen molar-refractivity contribution in [1.29, 1.82) is 0 Å². The van der Waals surface area contributed by atoms with Crippen molar-refractivity contribution in [2.45, 2.75) is 6.92 Å². The Balaban J connectivity index is 2.34. The predicted molar refractivity (Wildman–Crippen MR) is 80.4 cm³/mol. The first-order valence-electron chi connectivity index (χ1n) is 5.93. The van der Waals surface area contributed by atoms with Crippen molar-refractivity contribution in [3.63, 3.8) is 0 Å². The van der Waals surface area contributed by atoms with Gasteiger partial charge in [-0.05, 0) is 16.7 Å². The van der Waals surface area contributed by atoms with Crippen LogP contribution in [0.1, 0.15) is 12.5 Å². The van der Waals surface area contributed by atoms with Crippen molar-refractivity contribution >= 4 is 22.7 Å². The molecule has 1 aliphatic carbocycles. The van der Waals surface area contributed by atoms with Crippen LogP contribution in [0.25, 0.3) is 5.57 Å². The molecule has 1 unspecified atom stereocenters. The molecule has 1 aliphatic rings. The largest absolute Gasteiger partial charge is 0.259 e. The van der Waals surface area contributed by atoms with Crippen LogP contribution in [0, 0.1) is 16.0 Å². The number of nitrogens with zero attached hydrogens (tertiary/aromatic N) is 1. The predicted octanol–water partition coefficient (Wildman–Crippen LogP) is 3.81. The average molecular weight is 271 g/mol. The van der Waals surface area contributed by atoms with Gasteiger partial charge in [0.25, 0.3) is 0 Å². The topological polar surface area (TPSA) is 43.1 Å². The first kappa shape index (κ1) is 13.4. The van der Waals surface area contributed by atoms with Gasteiger partial charge < -0.3 is 0 Å². The summed E-state index contributed by atoms with van der Waals surface area (Å²) in [6, 6.07) is 9.91. The molecule has 1 aromatic carbocycles. The number of nitro groups is 1. The molecule has 0 saturated heterocycles. The minimum Gasteiger partial charge on any atom is -0.259 e. The van der Waals surface area contributed by atoms with E-state index in [2.05, 4.69) is 0 Å². The van der Waals surface area contributed by atoms with E-state index in [0.717, 1.165) is 27.8 Å². The highest BCUT2D eigenvalue weighted by atomic mass is 32.1. The smallest absolute Gasteiger partial charge is 0.234 e. The summed E-state index contributed by atoms with van der Waals surface area (Å²) in [5.74, 6) is 0.00593. The molecule has 2 rings (SSSR count). The Hall–Kier alpha value is -2.07. The molecule has 0 N–H and O–H groups in total. The van der Waals surface area contributed by atoms with Crippen molar-refractivity contribution < 1.29 is 4.92 Å². The maximum absolute atomic E-state index is 10.4. The lowest BCUT2D eigenvalue weighted by Crippen LogP contribution is -2.15. The fourth-order valence-electron chi connectivity index (χ4n) is 1.99. The molecular formula is C15H13NO2S. The van der Waals surface area contributed by atoms with Crippen LogP contribution in [0.2, 0.25) is 0 Å². The van der Waals surface area contributed by atoms with Crippen LogP contribution in [0.3, 0.4) is 0 Å². The molecule has 0 saturated carbocycles. The van der Waals surface area contributed by atoms with Crippen molar-refractivity contribution in [3.8, 4) is 0 Å². The van der Waals surface area contributed by atoms with E-state index in [-0.39, 0.29) is 5.92 Å². The fraction of sp³-hybridized carbons (Fsp3) is 0.133. The molecular weight excluding hydrogens is 258 g/mol. The Morgan fingerprint density at radius 2 is 1.95 bits per heavy atom. The first-order valence-corrected chi connectivity index (χ1v) is 6.33. The second kappa shape index (κ2) is 5.71. The highest BCUT2D eigenvalue weighted by Gasteiger charge is 2.20. The molecule has 19 heavy (non-hydrogen) atoms. The number of rotatable bonds is 3. The maximum Gasteiger partial charge on any atom is 0.234 e. The Morgan fingerprint density at radius 3 is 2.58 bits per heavy atom. The third kappa shape index (κ3) is 3.03. The molecule has 3 nitrogen and oxygen atoms in total. The van der Waals surface area contributed by atoms with Crippen LogP contribution in [-0.4, -0.2) is 9.79 Å². The lowest BCUT2D eigenvalue weighted by molar-refractivity contribution is -0.402. The van der Waals surface area contributed by atoms with Gasteiger partial charge in [-0.1, -0.05) is 61.6 Å². The standard InChI is InChI=1S/C15H13NO2S/c1-11-12(9-10-16(17)18)7-8-14(15(11)19)13-5-3-2-4-6-13/h2-11H,1H3/b10-9+. The zero-order valence-electron chi connectivity index (χ0n) is 10.4. The maximum atomic E-state index is 10.4. The summed E-state index contributed by atoms with van der Waals surface area (Å²) < 4.78 is 0. The van der Waals surface area contributed by atoms with E-state index >= 15 is 0 Å². The zero-order chi connectivity index (χ0) is 13.8. The van der Waals surface area contributed by atoms with E-state index in [1.807, 2.05) is 49.4 Å². The summed E-state index contributed by atoms with van der Waals surface area (Å²) in [6.45, 7) is 1.97. The van der Waals surface area contributed by atoms with Gasteiger partial charge in [0, 0.05) is 16.9 Å². The van der Waals surface area contributed by atoms with E-state index in [4.69, 9.17) is 12.2 Å². The number of allylic oxidation sites excluding steroid dienone is 5. The van der Waals surface area contributed by atoms with Crippen molar-refractivity contribution in [2.24, 2.45) is 5.92 Å². The van der Waals surface area contributed by atoms with Crippen molar-refractivity contribution in [1.82, 2.24) is 0 Å². The highest BCUT2D eigenvalue weighted by molar-refractivity contribution is 7.81. The molecule has 0 heterocycles. The molecule has 0 radical (unpaired) electrons. The SMILES string of the molecule is CC1C(=S)C(c2ccccc2)=CC=C1/C=C/[N+](=O)[O-]. The number of thiocarbonyl (C=S) groups is 1. The van der Waals surface area contributed by atoms with E-state index in [0.29, 0.717) is 0 Å². The van der Waals surface area contributed by atoms with Gasteiger partial charge in [-0.3, -0.25) is 10.1 Å². The van der Waals surface area contributed by atoms with E-state index in [1.165, 1.54) is 6.08 Å². The minimum atomic E-state index is -0.465. The van der Waals surface area contributed by atoms with Crippen LogP contribution in [0.4, 0.5) is 0 Å². The third-order valence-corrected chi connectivity index (χ3v) is 3.65. The molecule has 0 spiro atoms. The lowest BCUT2D eigenvalue weighted by Gasteiger charge is -2.21.